The van der Waals surface area contributed by atoms with Crippen molar-refractivity contribution in [1.29, 1.82) is 0 Å². The molecule has 0 fully saturated rings. The first-order valence-corrected chi connectivity index (χ1v) is 5.54. The highest BCUT2D eigenvalue weighted by molar-refractivity contribution is 5.87. The predicted octanol–water partition coefficient (Wildman–Crippen LogP) is 2.31. The molecule has 1 aliphatic rings. The van der Waals surface area contributed by atoms with Crippen molar-refractivity contribution >= 4 is 16.3 Å². The van der Waals surface area contributed by atoms with Crippen LogP contribution in [0.3, 0.4) is 0 Å². The minimum atomic E-state index is 0.318. The van der Waals surface area contributed by atoms with Crippen molar-refractivity contribution in [3.05, 3.63) is 48.8 Å². The summed E-state index contributed by atoms with van der Waals surface area (Å²) in [6.45, 7) is 0.318. The van der Waals surface area contributed by atoms with Gasteiger partial charge in [-0.15, -0.1) is 0 Å². The molecule has 0 saturated heterocycles. The molecule has 1 aromatic carbocycles. The largest absolute Gasteiger partial charge is 0.454 e. The molecule has 0 unspecified atom stereocenters. The third-order valence-electron chi connectivity index (χ3n) is 3.08. The Bertz CT molecular complexity index is 675. The number of rotatable bonds is 0. The number of hydrogen-bond donors (Lipinski definition) is 0. The quantitative estimate of drug-likeness (QED) is 0.432. The Labute approximate surface area is 97.8 Å². The lowest BCUT2D eigenvalue weighted by molar-refractivity contribution is -0.510. The van der Waals surface area contributed by atoms with Crippen LogP contribution < -0.4 is 13.9 Å². The molecule has 0 saturated carbocycles. The van der Waals surface area contributed by atoms with E-state index in [1.807, 2.05) is 30.5 Å². The number of nitrogens with zero attached hydrogens (tertiary/aromatic N) is 1. The summed E-state index contributed by atoms with van der Waals surface area (Å²) in [7, 11) is 0. The Kier molecular flexibility index (Phi) is 1.61. The molecule has 0 spiro atoms. The van der Waals surface area contributed by atoms with Crippen LogP contribution in [0, 0.1) is 0 Å². The Hall–Kier alpha value is -2.29. The van der Waals surface area contributed by atoms with E-state index in [1.54, 1.807) is 0 Å². The summed E-state index contributed by atoms with van der Waals surface area (Å²) in [6.07, 6.45) is 4.14. The molecule has 0 amide bonds. The first-order chi connectivity index (χ1) is 8.40. The maximum Gasteiger partial charge on any atom is 0.231 e. The molecule has 0 bridgehead atoms. The molecular weight excluding hydrogens is 214 g/mol. The SMILES string of the molecule is c1cc[n+]2cc3cc4c(cc3cc2c1)OCO4. The van der Waals surface area contributed by atoms with Crippen LogP contribution >= 0.6 is 0 Å². The Morgan fingerprint density at radius 2 is 1.76 bits per heavy atom. The third kappa shape index (κ3) is 1.25. The molecule has 4 rings (SSSR count). The lowest BCUT2D eigenvalue weighted by atomic mass is 10.1. The number of ether oxygens (including phenoxy) is 2. The number of fused-ring (bicyclic) bond motifs is 3. The normalized spacial score (nSPS) is 13.4. The fraction of sp³-hybridized carbons (Fsp3) is 0.0714. The van der Waals surface area contributed by atoms with Gasteiger partial charge in [-0.1, -0.05) is 0 Å². The van der Waals surface area contributed by atoms with Crippen LogP contribution in [0.2, 0.25) is 0 Å². The number of aromatic nitrogens is 1. The molecule has 82 valence electrons. The fourth-order valence-electron chi connectivity index (χ4n) is 2.23. The summed E-state index contributed by atoms with van der Waals surface area (Å²) in [5, 5.41) is 2.32. The van der Waals surface area contributed by atoms with Crippen LogP contribution in [0.15, 0.2) is 48.8 Å². The van der Waals surface area contributed by atoms with E-state index in [4.69, 9.17) is 9.47 Å². The number of pyridine rings is 2. The van der Waals surface area contributed by atoms with Crippen molar-refractivity contribution in [2.24, 2.45) is 0 Å². The highest BCUT2D eigenvalue weighted by Crippen LogP contribution is 2.35. The molecule has 3 heteroatoms. The van der Waals surface area contributed by atoms with E-state index in [0.29, 0.717) is 6.79 Å². The van der Waals surface area contributed by atoms with E-state index in [1.165, 1.54) is 10.9 Å². The van der Waals surface area contributed by atoms with E-state index in [2.05, 4.69) is 22.7 Å². The maximum atomic E-state index is 5.39. The van der Waals surface area contributed by atoms with Gasteiger partial charge in [0.2, 0.25) is 12.3 Å². The van der Waals surface area contributed by atoms with Crippen molar-refractivity contribution in [2.45, 2.75) is 0 Å². The second-order valence-electron chi connectivity index (χ2n) is 4.14. The molecular formula is C14H10NO2+. The van der Waals surface area contributed by atoms with Crippen molar-refractivity contribution in [2.75, 3.05) is 6.79 Å². The number of hydrogen-bond acceptors (Lipinski definition) is 2. The monoisotopic (exact) mass is 224 g/mol. The van der Waals surface area contributed by atoms with Crippen LogP contribution in [0.25, 0.3) is 16.3 Å². The summed E-state index contributed by atoms with van der Waals surface area (Å²) in [5.41, 5.74) is 1.17. The van der Waals surface area contributed by atoms with Crippen LogP contribution in [-0.2, 0) is 0 Å². The molecule has 3 nitrogen and oxygen atoms in total. The van der Waals surface area contributed by atoms with E-state index in [-0.39, 0.29) is 0 Å². The van der Waals surface area contributed by atoms with Crippen LogP contribution in [-0.4, -0.2) is 6.79 Å². The number of benzene rings is 1. The van der Waals surface area contributed by atoms with Gasteiger partial charge in [-0.3, -0.25) is 0 Å². The van der Waals surface area contributed by atoms with E-state index in [9.17, 15) is 0 Å². The molecule has 0 N–H and O–H groups in total. The molecule has 17 heavy (non-hydrogen) atoms. The van der Waals surface area contributed by atoms with Gasteiger partial charge >= 0.3 is 0 Å². The van der Waals surface area contributed by atoms with Gasteiger partial charge in [0.05, 0.1) is 5.39 Å². The topological polar surface area (TPSA) is 22.6 Å². The molecule has 3 aromatic rings. The third-order valence-corrected chi connectivity index (χ3v) is 3.08. The standard InChI is InChI=1S/C14H10NO2/c1-2-4-15-8-11-7-14-13(16-9-17-14)6-10(11)5-12(15)3-1/h1-8H,9H2/q+1. The summed E-state index contributed by atoms with van der Waals surface area (Å²) < 4.78 is 12.9. The maximum absolute atomic E-state index is 5.39. The zero-order chi connectivity index (χ0) is 11.2. The fourth-order valence-corrected chi connectivity index (χ4v) is 2.23. The van der Waals surface area contributed by atoms with Gasteiger partial charge in [-0.05, 0) is 23.6 Å². The Morgan fingerprint density at radius 3 is 2.65 bits per heavy atom. The second-order valence-corrected chi connectivity index (χ2v) is 4.14. The van der Waals surface area contributed by atoms with Gasteiger partial charge < -0.3 is 9.47 Å². The van der Waals surface area contributed by atoms with Crippen LogP contribution in [0.1, 0.15) is 0 Å². The lowest BCUT2D eigenvalue weighted by Gasteiger charge is -1.99. The second kappa shape index (κ2) is 3.10. The van der Waals surface area contributed by atoms with Gasteiger partial charge in [-0.2, -0.15) is 4.40 Å². The minimum Gasteiger partial charge on any atom is -0.454 e. The lowest BCUT2D eigenvalue weighted by Crippen LogP contribution is -2.19. The molecule has 0 aliphatic carbocycles. The van der Waals surface area contributed by atoms with Crippen molar-refractivity contribution in [3.8, 4) is 11.5 Å². The average molecular weight is 224 g/mol. The summed E-state index contributed by atoms with van der Waals surface area (Å²) in [5.74, 6) is 1.66. The first kappa shape index (κ1) is 8.82. The molecule has 0 radical (unpaired) electrons. The van der Waals surface area contributed by atoms with Gasteiger partial charge in [-0.25, -0.2) is 0 Å². The molecule has 0 atom stereocenters. The zero-order valence-electron chi connectivity index (χ0n) is 9.09. The molecule has 3 heterocycles. The smallest absolute Gasteiger partial charge is 0.231 e. The average Bonchev–Trinajstić information content (AvgIpc) is 2.80. The van der Waals surface area contributed by atoms with Crippen LogP contribution in [0.5, 0.6) is 11.5 Å². The highest BCUT2D eigenvalue weighted by Gasteiger charge is 2.15. The van der Waals surface area contributed by atoms with Gasteiger partial charge in [0.1, 0.15) is 0 Å². The Morgan fingerprint density at radius 1 is 0.941 bits per heavy atom. The summed E-state index contributed by atoms with van der Waals surface area (Å²) in [4.78, 5) is 0. The zero-order valence-corrected chi connectivity index (χ0v) is 9.09. The highest BCUT2D eigenvalue weighted by atomic mass is 16.7. The van der Waals surface area contributed by atoms with Crippen molar-refractivity contribution in [3.63, 3.8) is 0 Å². The van der Waals surface area contributed by atoms with Crippen molar-refractivity contribution in [1.82, 2.24) is 0 Å². The van der Waals surface area contributed by atoms with Crippen molar-refractivity contribution < 1.29 is 13.9 Å². The van der Waals surface area contributed by atoms with E-state index >= 15 is 0 Å². The summed E-state index contributed by atoms with van der Waals surface area (Å²) >= 11 is 0. The predicted molar refractivity (Wildman–Crippen MR) is 63.2 cm³/mol. The van der Waals surface area contributed by atoms with Gasteiger partial charge in [0.15, 0.2) is 23.9 Å². The molecule has 2 aromatic heterocycles. The van der Waals surface area contributed by atoms with Gasteiger partial charge in [0.25, 0.3) is 0 Å². The Balaban J connectivity index is 2.12. The summed E-state index contributed by atoms with van der Waals surface area (Å²) in [6, 6.07) is 12.4. The first-order valence-electron chi connectivity index (χ1n) is 5.54. The van der Waals surface area contributed by atoms with Crippen LogP contribution in [0.4, 0.5) is 0 Å². The van der Waals surface area contributed by atoms with Gasteiger partial charge in [0, 0.05) is 18.2 Å². The molecule has 1 aliphatic heterocycles. The van der Waals surface area contributed by atoms with E-state index in [0.717, 1.165) is 16.9 Å². The van der Waals surface area contributed by atoms with E-state index < -0.39 is 0 Å². The minimum absolute atomic E-state index is 0.318.